The lowest BCUT2D eigenvalue weighted by atomic mass is 10.1. The molecule has 0 aliphatic carbocycles. The van der Waals surface area contributed by atoms with Crippen LogP contribution in [0.2, 0.25) is 0 Å². The molecule has 0 unspecified atom stereocenters. The molecule has 0 radical (unpaired) electrons. The van der Waals surface area contributed by atoms with Crippen molar-refractivity contribution < 1.29 is 0 Å². The molecular weight excluding hydrogens is 236 g/mol. The Morgan fingerprint density at radius 1 is 0.947 bits per heavy atom. The van der Waals surface area contributed by atoms with E-state index in [9.17, 15) is 4.79 Å². The average molecular weight is 250 g/mol. The van der Waals surface area contributed by atoms with Gasteiger partial charge >= 0.3 is 0 Å². The molecule has 0 fully saturated rings. The van der Waals surface area contributed by atoms with E-state index in [0.29, 0.717) is 5.56 Å². The van der Waals surface area contributed by atoms with Gasteiger partial charge in [0.2, 0.25) is 0 Å². The number of aryl methyl sites for hydroxylation is 1. The smallest absolute Gasteiger partial charge is 0.267 e. The van der Waals surface area contributed by atoms with Crippen LogP contribution in [-0.4, -0.2) is 9.78 Å². The number of nitrogens with zero attached hydrogens (tertiary/aromatic N) is 1. The first kappa shape index (κ1) is 11.5. The third-order valence-electron chi connectivity index (χ3n) is 3.12. The van der Waals surface area contributed by atoms with Gasteiger partial charge in [-0.15, -0.1) is 0 Å². The van der Waals surface area contributed by atoms with Crippen LogP contribution in [0.4, 0.5) is 0 Å². The van der Waals surface area contributed by atoms with Gasteiger partial charge in [0.05, 0.1) is 11.3 Å². The van der Waals surface area contributed by atoms with E-state index in [0.717, 1.165) is 11.3 Å². The summed E-state index contributed by atoms with van der Waals surface area (Å²) in [7, 11) is 0. The Morgan fingerprint density at radius 2 is 1.63 bits per heavy atom. The molecule has 0 saturated heterocycles. The first-order chi connectivity index (χ1) is 9.24. The van der Waals surface area contributed by atoms with Gasteiger partial charge in [-0.3, -0.25) is 14.6 Å². The van der Waals surface area contributed by atoms with Crippen molar-refractivity contribution in [3.05, 3.63) is 76.7 Å². The lowest BCUT2D eigenvalue weighted by molar-refractivity contribution is 0.864. The number of nitrogens with one attached hydrogen (secondary N) is 1. The lowest BCUT2D eigenvalue weighted by Gasteiger charge is -2.00. The van der Waals surface area contributed by atoms with E-state index in [2.05, 4.69) is 5.10 Å². The van der Waals surface area contributed by atoms with Crippen LogP contribution in [0.15, 0.2) is 65.6 Å². The Balaban J connectivity index is 2.08. The van der Waals surface area contributed by atoms with Gasteiger partial charge in [0.1, 0.15) is 0 Å². The van der Waals surface area contributed by atoms with Crippen molar-refractivity contribution in [2.45, 2.75) is 6.92 Å². The average Bonchev–Trinajstić information content (AvgIpc) is 2.83. The summed E-state index contributed by atoms with van der Waals surface area (Å²) < 4.78 is 1.75. The van der Waals surface area contributed by atoms with Gasteiger partial charge in [-0.2, -0.15) is 0 Å². The Bertz CT molecular complexity index is 736. The van der Waals surface area contributed by atoms with Gasteiger partial charge in [-0.05, 0) is 24.6 Å². The molecule has 94 valence electrons. The maximum absolute atomic E-state index is 12.0. The summed E-state index contributed by atoms with van der Waals surface area (Å²) in [5.41, 5.74) is 3.67. The van der Waals surface area contributed by atoms with Gasteiger partial charge in [0.25, 0.3) is 5.56 Å². The fourth-order valence-electron chi connectivity index (χ4n) is 2.06. The van der Waals surface area contributed by atoms with Crippen LogP contribution in [-0.2, 0) is 0 Å². The molecule has 0 spiro atoms. The molecule has 0 saturated carbocycles. The molecule has 1 N–H and O–H groups in total. The second-order valence-corrected chi connectivity index (χ2v) is 4.56. The van der Waals surface area contributed by atoms with Gasteiger partial charge in [-0.1, -0.05) is 48.0 Å². The minimum absolute atomic E-state index is 0.0762. The van der Waals surface area contributed by atoms with Crippen molar-refractivity contribution in [1.29, 1.82) is 0 Å². The Morgan fingerprint density at radius 3 is 2.32 bits per heavy atom. The molecule has 0 aliphatic rings. The Kier molecular flexibility index (Phi) is 2.80. The topological polar surface area (TPSA) is 37.8 Å². The van der Waals surface area contributed by atoms with Crippen LogP contribution in [0.5, 0.6) is 0 Å². The fourth-order valence-corrected chi connectivity index (χ4v) is 2.06. The van der Waals surface area contributed by atoms with E-state index in [1.807, 2.05) is 67.7 Å². The number of benzene rings is 2. The van der Waals surface area contributed by atoms with Crippen LogP contribution in [0, 0.1) is 6.92 Å². The number of aromatic amines is 1. The second-order valence-electron chi connectivity index (χ2n) is 4.56. The van der Waals surface area contributed by atoms with Crippen LogP contribution in [0.25, 0.3) is 16.8 Å². The first-order valence-electron chi connectivity index (χ1n) is 6.18. The van der Waals surface area contributed by atoms with Gasteiger partial charge in [0, 0.05) is 6.20 Å². The van der Waals surface area contributed by atoms with Crippen molar-refractivity contribution in [3.63, 3.8) is 0 Å². The SMILES string of the molecule is Cc1ccc(-c2cn(-c3ccccc3)[nH]c2=O)cc1. The van der Waals surface area contributed by atoms with Crippen molar-refractivity contribution in [3.8, 4) is 16.8 Å². The molecule has 3 heteroatoms. The van der Waals surface area contributed by atoms with Gasteiger partial charge < -0.3 is 0 Å². The molecule has 2 aromatic carbocycles. The van der Waals surface area contributed by atoms with Gasteiger partial charge in [-0.25, -0.2) is 0 Å². The van der Waals surface area contributed by atoms with Crippen LogP contribution in [0.1, 0.15) is 5.56 Å². The Hall–Kier alpha value is -2.55. The summed E-state index contributed by atoms with van der Waals surface area (Å²) in [6, 6.07) is 17.7. The fraction of sp³-hybridized carbons (Fsp3) is 0.0625. The van der Waals surface area contributed by atoms with E-state index in [1.165, 1.54) is 5.56 Å². The van der Waals surface area contributed by atoms with Crippen molar-refractivity contribution in [1.82, 2.24) is 9.78 Å². The molecule has 3 aromatic rings. The van der Waals surface area contributed by atoms with Crippen molar-refractivity contribution in [2.24, 2.45) is 0 Å². The predicted molar refractivity (Wildman–Crippen MR) is 76.6 cm³/mol. The molecule has 0 amide bonds. The minimum Gasteiger partial charge on any atom is -0.267 e. The summed E-state index contributed by atoms with van der Waals surface area (Å²) in [4.78, 5) is 12.0. The number of para-hydroxylation sites is 1. The lowest BCUT2D eigenvalue weighted by Crippen LogP contribution is -2.05. The van der Waals surface area contributed by atoms with E-state index in [1.54, 1.807) is 4.68 Å². The highest BCUT2D eigenvalue weighted by Crippen LogP contribution is 2.17. The van der Waals surface area contributed by atoms with Crippen molar-refractivity contribution >= 4 is 0 Å². The zero-order valence-electron chi connectivity index (χ0n) is 10.6. The predicted octanol–water partition coefficient (Wildman–Crippen LogP) is 3.14. The zero-order valence-corrected chi connectivity index (χ0v) is 10.6. The summed E-state index contributed by atoms with van der Waals surface area (Å²) in [6.45, 7) is 2.03. The molecule has 19 heavy (non-hydrogen) atoms. The highest BCUT2D eigenvalue weighted by Gasteiger charge is 2.07. The molecule has 3 rings (SSSR count). The highest BCUT2D eigenvalue weighted by atomic mass is 16.1. The summed E-state index contributed by atoms with van der Waals surface area (Å²) in [6.07, 6.45) is 1.84. The standard InChI is InChI=1S/C16H14N2O/c1-12-7-9-13(10-8-12)15-11-18(17-16(15)19)14-5-3-2-4-6-14/h2-11H,1H3,(H,17,19). The number of hydrogen-bond acceptors (Lipinski definition) is 1. The molecule has 0 aliphatic heterocycles. The third-order valence-corrected chi connectivity index (χ3v) is 3.12. The quantitative estimate of drug-likeness (QED) is 0.745. The van der Waals surface area contributed by atoms with Crippen molar-refractivity contribution in [2.75, 3.05) is 0 Å². The maximum Gasteiger partial charge on any atom is 0.272 e. The monoisotopic (exact) mass is 250 g/mol. The summed E-state index contributed by atoms with van der Waals surface area (Å²) in [5.74, 6) is 0. The van der Waals surface area contributed by atoms with Crippen LogP contribution >= 0.6 is 0 Å². The van der Waals surface area contributed by atoms with E-state index in [4.69, 9.17) is 0 Å². The molecule has 1 aromatic heterocycles. The third kappa shape index (κ3) is 2.22. The van der Waals surface area contributed by atoms with E-state index in [-0.39, 0.29) is 5.56 Å². The first-order valence-corrected chi connectivity index (χ1v) is 6.18. The largest absolute Gasteiger partial charge is 0.272 e. The highest BCUT2D eigenvalue weighted by molar-refractivity contribution is 5.62. The van der Waals surface area contributed by atoms with Crippen LogP contribution < -0.4 is 5.56 Å². The van der Waals surface area contributed by atoms with E-state index < -0.39 is 0 Å². The van der Waals surface area contributed by atoms with Crippen LogP contribution in [0.3, 0.4) is 0 Å². The summed E-state index contributed by atoms with van der Waals surface area (Å²) >= 11 is 0. The second kappa shape index (κ2) is 4.61. The Labute approximate surface area is 111 Å². The number of aromatic nitrogens is 2. The van der Waals surface area contributed by atoms with Gasteiger partial charge in [0.15, 0.2) is 0 Å². The molecule has 0 bridgehead atoms. The molecule has 3 nitrogen and oxygen atoms in total. The molecule has 0 atom stereocenters. The zero-order chi connectivity index (χ0) is 13.2. The number of rotatable bonds is 2. The number of hydrogen-bond donors (Lipinski definition) is 1. The normalized spacial score (nSPS) is 10.6. The minimum atomic E-state index is -0.0762. The molecule has 1 heterocycles. The summed E-state index contributed by atoms with van der Waals surface area (Å²) in [5, 5.41) is 2.84. The van der Waals surface area contributed by atoms with E-state index >= 15 is 0 Å². The maximum atomic E-state index is 12.0. The number of H-pyrrole nitrogens is 1. The molecular formula is C16H14N2O.